The second-order valence-electron chi connectivity index (χ2n) is 6.02. The fraction of sp³-hybridized carbons (Fsp3) is 0.500. The van der Waals surface area contributed by atoms with Gasteiger partial charge in [-0.3, -0.25) is 14.7 Å². The first kappa shape index (κ1) is 13.5. The molecule has 5 heteroatoms. The van der Waals surface area contributed by atoms with Gasteiger partial charge in [-0.05, 0) is 24.5 Å². The van der Waals surface area contributed by atoms with E-state index in [1.54, 1.807) is 25.3 Å². The first-order chi connectivity index (χ1) is 8.75. The summed E-state index contributed by atoms with van der Waals surface area (Å²) in [7, 11) is 0. The van der Waals surface area contributed by atoms with Gasteiger partial charge in [0.05, 0.1) is 12.2 Å². The van der Waals surface area contributed by atoms with E-state index >= 15 is 0 Å². The molecule has 1 saturated heterocycles. The summed E-state index contributed by atoms with van der Waals surface area (Å²) in [6.45, 7) is 7.79. The number of pyridine rings is 1. The highest BCUT2D eigenvalue weighted by atomic mass is 16.2. The Morgan fingerprint density at radius 3 is 2.47 bits per heavy atom. The smallest absolute Gasteiger partial charge is 0.323 e. The maximum Gasteiger partial charge on any atom is 0.325 e. The molecule has 0 spiro atoms. The summed E-state index contributed by atoms with van der Waals surface area (Å²) < 4.78 is 0. The summed E-state index contributed by atoms with van der Waals surface area (Å²) in [6, 6.07) is 5.08. The molecule has 2 rings (SSSR count). The van der Waals surface area contributed by atoms with Crippen LogP contribution in [-0.4, -0.2) is 27.4 Å². The van der Waals surface area contributed by atoms with Gasteiger partial charge < -0.3 is 5.32 Å². The first-order valence-electron chi connectivity index (χ1n) is 6.30. The maximum atomic E-state index is 12.5. The van der Waals surface area contributed by atoms with E-state index in [1.165, 1.54) is 4.90 Å². The lowest BCUT2D eigenvalue weighted by Gasteiger charge is -2.35. The van der Waals surface area contributed by atoms with Gasteiger partial charge in [0, 0.05) is 6.20 Å². The van der Waals surface area contributed by atoms with Gasteiger partial charge in [0.15, 0.2) is 0 Å². The minimum Gasteiger partial charge on any atom is -0.323 e. The molecular weight excluding hydrogens is 242 g/mol. The summed E-state index contributed by atoms with van der Waals surface area (Å²) in [5.74, 6) is -0.198. The number of carbonyl (C=O) groups is 2. The van der Waals surface area contributed by atoms with E-state index in [2.05, 4.69) is 10.3 Å². The van der Waals surface area contributed by atoms with Crippen molar-refractivity contribution in [3.05, 3.63) is 30.1 Å². The van der Waals surface area contributed by atoms with Crippen molar-refractivity contribution in [2.24, 2.45) is 5.41 Å². The van der Waals surface area contributed by atoms with Gasteiger partial charge in [-0.15, -0.1) is 0 Å². The molecule has 0 aliphatic carbocycles. The van der Waals surface area contributed by atoms with Gasteiger partial charge in [-0.2, -0.15) is 0 Å². The van der Waals surface area contributed by atoms with Crippen LogP contribution in [-0.2, 0) is 11.3 Å². The average Bonchev–Trinajstić information content (AvgIpc) is 2.55. The number of nitrogens with one attached hydrogen (secondary N) is 1. The molecular formula is C14H19N3O2. The fourth-order valence-electron chi connectivity index (χ4n) is 2.00. The van der Waals surface area contributed by atoms with Crippen LogP contribution in [0.3, 0.4) is 0 Å². The van der Waals surface area contributed by atoms with Crippen LogP contribution in [0.1, 0.15) is 33.4 Å². The third-order valence-electron chi connectivity index (χ3n) is 3.82. The predicted molar refractivity (Wildman–Crippen MR) is 71.2 cm³/mol. The molecule has 1 aliphatic heterocycles. The molecule has 19 heavy (non-hydrogen) atoms. The maximum absolute atomic E-state index is 12.5. The zero-order chi connectivity index (χ0) is 14.3. The summed E-state index contributed by atoms with van der Waals surface area (Å²) in [5.41, 5.74) is -0.526. The molecule has 0 bridgehead atoms. The molecule has 0 saturated carbocycles. The summed E-state index contributed by atoms with van der Waals surface area (Å²) >= 11 is 0. The van der Waals surface area contributed by atoms with Crippen LogP contribution in [0.25, 0.3) is 0 Å². The highest BCUT2D eigenvalue weighted by molar-refractivity contribution is 6.07. The number of nitrogens with zero attached hydrogens (tertiary/aromatic N) is 2. The fourth-order valence-corrected chi connectivity index (χ4v) is 2.00. The molecule has 1 fully saturated rings. The average molecular weight is 261 g/mol. The van der Waals surface area contributed by atoms with Crippen LogP contribution < -0.4 is 5.32 Å². The molecule has 5 nitrogen and oxygen atoms in total. The van der Waals surface area contributed by atoms with E-state index in [4.69, 9.17) is 0 Å². The lowest BCUT2D eigenvalue weighted by molar-refractivity contribution is -0.134. The lowest BCUT2D eigenvalue weighted by Crippen LogP contribution is -2.54. The normalized spacial score (nSPS) is 23.7. The minimum atomic E-state index is -0.876. The minimum absolute atomic E-state index is 0.198. The second kappa shape index (κ2) is 4.33. The number of rotatable bonds is 2. The predicted octanol–water partition coefficient (Wildman–Crippen LogP) is 1.94. The monoisotopic (exact) mass is 261 g/mol. The number of aromatic nitrogens is 1. The summed E-state index contributed by atoms with van der Waals surface area (Å²) in [4.78, 5) is 29.9. The van der Waals surface area contributed by atoms with Gasteiger partial charge in [-0.25, -0.2) is 4.79 Å². The summed E-state index contributed by atoms with van der Waals surface area (Å²) in [5, 5.41) is 2.80. The van der Waals surface area contributed by atoms with Crippen LogP contribution in [0.15, 0.2) is 24.4 Å². The Kier molecular flexibility index (Phi) is 3.08. The van der Waals surface area contributed by atoms with E-state index < -0.39 is 5.54 Å². The molecule has 1 aliphatic rings. The van der Waals surface area contributed by atoms with E-state index in [9.17, 15) is 9.59 Å². The second-order valence-corrected chi connectivity index (χ2v) is 6.02. The van der Waals surface area contributed by atoms with Crippen molar-refractivity contribution >= 4 is 11.9 Å². The molecule has 1 atom stereocenters. The third-order valence-corrected chi connectivity index (χ3v) is 3.82. The van der Waals surface area contributed by atoms with Crippen molar-refractivity contribution in [1.82, 2.24) is 15.2 Å². The standard InChI is InChI=1S/C14H19N3O2/c1-13(2,3)14(4)11(18)17(12(19)16-14)9-10-7-5-6-8-15-10/h5-8H,9H2,1-4H3,(H,16,19). The van der Waals surface area contributed by atoms with Crippen LogP contribution in [0, 0.1) is 5.41 Å². The largest absolute Gasteiger partial charge is 0.325 e. The Balaban J connectivity index is 2.25. The molecule has 0 radical (unpaired) electrons. The quantitative estimate of drug-likeness (QED) is 0.827. The molecule has 2 heterocycles. The van der Waals surface area contributed by atoms with Gasteiger partial charge in [-0.1, -0.05) is 26.8 Å². The first-order valence-corrected chi connectivity index (χ1v) is 6.30. The molecule has 102 valence electrons. The zero-order valence-electron chi connectivity index (χ0n) is 11.7. The Hall–Kier alpha value is -1.91. The van der Waals surface area contributed by atoms with Crippen LogP contribution in [0.5, 0.6) is 0 Å². The zero-order valence-corrected chi connectivity index (χ0v) is 11.7. The Labute approximate surface area is 113 Å². The number of carbonyl (C=O) groups excluding carboxylic acids is 2. The van der Waals surface area contributed by atoms with Crippen molar-refractivity contribution in [2.45, 2.75) is 39.8 Å². The van der Waals surface area contributed by atoms with Gasteiger partial charge in [0.25, 0.3) is 5.91 Å². The van der Waals surface area contributed by atoms with E-state index in [-0.39, 0.29) is 23.9 Å². The molecule has 1 aromatic rings. The number of hydrogen-bond acceptors (Lipinski definition) is 3. The Morgan fingerprint density at radius 1 is 1.32 bits per heavy atom. The molecule has 1 unspecified atom stereocenters. The summed E-state index contributed by atoms with van der Waals surface area (Å²) in [6.07, 6.45) is 1.65. The van der Waals surface area contributed by atoms with Crippen molar-refractivity contribution in [3.63, 3.8) is 0 Å². The molecule has 1 N–H and O–H groups in total. The number of hydrogen-bond donors (Lipinski definition) is 1. The van der Waals surface area contributed by atoms with E-state index in [1.807, 2.05) is 26.8 Å². The topological polar surface area (TPSA) is 62.3 Å². The highest BCUT2D eigenvalue weighted by Crippen LogP contribution is 2.35. The Morgan fingerprint density at radius 2 is 2.00 bits per heavy atom. The van der Waals surface area contributed by atoms with Gasteiger partial charge in [0.1, 0.15) is 5.54 Å². The number of imide groups is 1. The number of amides is 3. The molecule has 0 aromatic carbocycles. The molecule has 3 amide bonds. The van der Waals surface area contributed by atoms with Crippen molar-refractivity contribution < 1.29 is 9.59 Å². The van der Waals surface area contributed by atoms with Crippen LogP contribution in [0.2, 0.25) is 0 Å². The van der Waals surface area contributed by atoms with Crippen molar-refractivity contribution in [3.8, 4) is 0 Å². The highest BCUT2D eigenvalue weighted by Gasteiger charge is 2.54. The van der Waals surface area contributed by atoms with Crippen LogP contribution in [0.4, 0.5) is 4.79 Å². The van der Waals surface area contributed by atoms with Gasteiger partial charge >= 0.3 is 6.03 Å². The van der Waals surface area contributed by atoms with Crippen molar-refractivity contribution in [2.75, 3.05) is 0 Å². The van der Waals surface area contributed by atoms with Crippen LogP contribution >= 0.6 is 0 Å². The van der Waals surface area contributed by atoms with Gasteiger partial charge in [0.2, 0.25) is 0 Å². The van der Waals surface area contributed by atoms with E-state index in [0.717, 1.165) is 0 Å². The van der Waals surface area contributed by atoms with Crippen molar-refractivity contribution in [1.29, 1.82) is 0 Å². The Bertz CT molecular complexity index is 507. The van der Waals surface area contributed by atoms with E-state index in [0.29, 0.717) is 5.69 Å². The number of urea groups is 1. The third kappa shape index (κ3) is 2.20. The SMILES string of the molecule is CC(C)(C)C1(C)NC(=O)N(Cc2ccccn2)C1=O. The molecule has 1 aromatic heterocycles. The lowest BCUT2D eigenvalue weighted by atomic mass is 9.75.